The Balaban J connectivity index is 1.27. The van der Waals surface area contributed by atoms with Crippen molar-refractivity contribution in [3.8, 4) is 11.5 Å². The maximum Gasteiger partial charge on any atom is 0.250 e. The Bertz CT molecular complexity index is 1060. The van der Waals surface area contributed by atoms with Crippen LogP contribution in [-0.4, -0.2) is 60.6 Å². The number of hydrazone groups is 1. The number of anilines is 3. The predicted octanol–water partition coefficient (Wildman–Crippen LogP) is 3.55. The summed E-state index contributed by atoms with van der Waals surface area (Å²) in [6.45, 7) is 4.82. The molecule has 2 aromatic carbocycles. The second-order valence-electron chi connectivity index (χ2n) is 7.91. The lowest BCUT2D eigenvalue weighted by Gasteiger charge is -2.27. The summed E-state index contributed by atoms with van der Waals surface area (Å²) < 4.78 is 11.3. The fourth-order valence-corrected chi connectivity index (χ4v) is 3.78. The third kappa shape index (κ3) is 5.56. The number of nitrogens with zero attached hydrogens (tertiary/aromatic N) is 6. The minimum absolute atomic E-state index is 0.439. The zero-order chi connectivity index (χ0) is 22.3. The molecule has 0 spiro atoms. The van der Waals surface area contributed by atoms with Gasteiger partial charge in [-0.15, -0.1) is 0 Å². The lowest BCUT2D eigenvalue weighted by molar-refractivity contribution is 0.122. The van der Waals surface area contributed by atoms with Gasteiger partial charge in [0.05, 0.1) is 19.4 Å². The minimum atomic E-state index is 0.439. The number of rotatable bonds is 7. The number of ether oxygens (including phenoxy) is 2. The third-order valence-corrected chi connectivity index (χ3v) is 5.53. The van der Waals surface area contributed by atoms with Crippen molar-refractivity contribution >= 4 is 24.1 Å². The van der Waals surface area contributed by atoms with Gasteiger partial charge in [0.1, 0.15) is 11.5 Å². The number of benzene rings is 2. The molecular weight excluding hydrogens is 418 g/mol. The second kappa shape index (κ2) is 10.3. The van der Waals surface area contributed by atoms with Crippen molar-refractivity contribution in [2.45, 2.75) is 12.8 Å². The number of para-hydroxylation sites is 1. The molecule has 2 fully saturated rings. The molecule has 170 valence electrons. The summed E-state index contributed by atoms with van der Waals surface area (Å²) in [5.74, 6) is 3.38. The van der Waals surface area contributed by atoms with Crippen molar-refractivity contribution in [3.63, 3.8) is 0 Å². The molecule has 2 saturated heterocycles. The van der Waals surface area contributed by atoms with Crippen LogP contribution < -0.4 is 20.0 Å². The first-order valence-corrected chi connectivity index (χ1v) is 11.3. The van der Waals surface area contributed by atoms with Crippen LogP contribution in [0.3, 0.4) is 0 Å². The summed E-state index contributed by atoms with van der Waals surface area (Å²) >= 11 is 0. The molecule has 0 atom stereocenters. The van der Waals surface area contributed by atoms with E-state index in [0.29, 0.717) is 31.1 Å². The van der Waals surface area contributed by atoms with Gasteiger partial charge < -0.3 is 19.3 Å². The maximum atomic E-state index is 5.83. The molecule has 3 aromatic rings. The molecule has 9 heteroatoms. The van der Waals surface area contributed by atoms with Gasteiger partial charge in [-0.3, -0.25) is 0 Å². The van der Waals surface area contributed by atoms with Crippen LogP contribution in [0.4, 0.5) is 17.8 Å². The molecule has 0 saturated carbocycles. The number of hydrogen-bond donors (Lipinski definition) is 1. The predicted molar refractivity (Wildman–Crippen MR) is 128 cm³/mol. The fraction of sp³-hybridized carbons (Fsp3) is 0.333. The van der Waals surface area contributed by atoms with Crippen LogP contribution in [-0.2, 0) is 4.74 Å². The van der Waals surface area contributed by atoms with E-state index in [-0.39, 0.29) is 0 Å². The highest BCUT2D eigenvalue weighted by molar-refractivity contribution is 5.80. The number of morpholine rings is 1. The van der Waals surface area contributed by atoms with E-state index in [9.17, 15) is 0 Å². The summed E-state index contributed by atoms with van der Waals surface area (Å²) in [4.78, 5) is 18.2. The van der Waals surface area contributed by atoms with Gasteiger partial charge in [0.2, 0.25) is 17.8 Å². The molecule has 5 rings (SSSR count). The summed E-state index contributed by atoms with van der Waals surface area (Å²) in [6, 6.07) is 17.4. The van der Waals surface area contributed by atoms with E-state index in [1.165, 1.54) is 0 Å². The third-order valence-electron chi connectivity index (χ3n) is 5.53. The van der Waals surface area contributed by atoms with Crippen molar-refractivity contribution in [2.24, 2.45) is 5.10 Å². The zero-order valence-electron chi connectivity index (χ0n) is 18.4. The second-order valence-corrected chi connectivity index (χ2v) is 7.91. The Morgan fingerprint density at radius 1 is 0.788 bits per heavy atom. The van der Waals surface area contributed by atoms with Crippen LogP contribution in [0.1, 0.15) is 18.4 Å². The highest BCUT2D eigenvalue weighted by Crippen LogP contribution is 2.22. The Kier molecular flexibility index (Phi) is 6.58. The Labute approximate surface area is 193 Å². The molecule has 0 aliphatic carbocycles. The summed E-state index contributed by atoms with van der Waals surface area (Å²) in [6.07, 6.45) is 4.05. The summed E-state index contributed by atoms with van der Waals surface area (Å²) in [5, 5.41) is 4.35. The first-order chi connectivity index (χ1) is 16.3. The van der Waals surface area contributed by atoms with Gasteiger partial charge >= 0.3 is 0 Å². The molecule has 1 aromatic heterocycles. The maximum absolute atomic E-state index is 5.83. The van der Waals surface area contributed by atoms with E-state index in [4.69, 9.17) is 14.5 Å². The molecule has 0 bridgehead atoms. The van der Waals surface area contributed by atoms with Crippen molar-refractivity contribution in [3.05, 3.63) is 60.2 Å². The fourth-order valence-electron chi connectivity index (χ4n) is 3.78. The van der Waals surface area contributed by atoms with Gasteiger partial charge in [0.25, 0.3) is 0 Å². The van der Waals surface area contributed by atoms with Crippen molar-refractivity contribution in [2.75, 3.05) is 54.6 Å². The Morgan fingerprint density at radius 3 is 2.12 bits per heavy atom. The SMILES string of the molecule is C(=N/Nc1nc(N2CCCC2)nc(N2CCOCC2)n1)/c1ccc(Oc2ccccc2)cc1. The molecule has 1 N–H and O–H groups in total. The highest BCUT2D eigenvalue weighted by atomic mass is 16.5. The van der Waals surface area contributed by atoms with Crippen LogP contribution in [0.25, 0.3) is 0 Å². The zero-order valence-corrected chi connectivity index (χ0v) is 18.4. The van der Waals surface area contributed by atoms with Crippen LogP contribution in [0.15, 0.2) is 59.7 Å². The highest BCUT2D eigenvalue weighted by Gasteiger charge is 2.21. The quantitative estimate of drug-likeness (QED) is 0.436. The largest absolute Gasteiger partial charge is 0.457 e. The van der Waals surface area contributed by atoms with E-state index < -0.39 is 0 Å². The van der Waals surface area contributed by atoms with Gasteiger partial charge in [-0.1, -0.05) is 18.2 Å². The first-order valence-electron chi connectivity index (χ1n) is 11.3. The number of hydrogen-bond acceptors (Lipinski definition) is 9. The van der Waals surface area contributed by atoms with E-state index in [1.807, 2.05) is 54.6 Å². The average molecular weight is 446 g/mol. The lowest BCUT2D eigenvalue weighted by Crippen LogP contribution is -2.38. The Hall–Kier alpha value is -3.72. The average Bonchev–Trinajstić information content (AvgIpc) is 3.42. The molecule has 33 heavy (non-hydrogen) atoms. The molecule has 0 amide bonds. The van der Waals surface area contributed by atoms with Gasteiger partial charge in [-0.05, 0) is 54.8 Å². The first kappa shape index (κ1) is 21.1. The summed E-state index contributed by atoms with van der Waals surface area (Å²) in [5.41, 5.74) is 3.92. The van der Waals surface area contributed by atoms with Gasteiger partial charge in [-0.2, -0.15) is 20.1 Å². The monoisotopic (exact) mass is 445 g/mol. The van der Waals surface area contributed by atoms with Crippen LogP contribution in [0, 0.1) is 0 Å². The van der Waals surface area contributed by atoms with Gasteiger partial charge in [0.15, 0.2) is 0 Å². The molecule has 0 unspecified atom stereocenters. The summed E-state index contributed by atoms with van der Waals surface area (Å²) in [7, 11) is 0. The van der Waals surface area contributed by atoms with E-state index >= 15 is 0 Å². The minimum Gasteiger partial charge on any atom is -0.457 e. The normalized spacial score (nSPS) is 16.4. The topological polar surface area (TPSA) is 88.0 Å². The standard InChI is InChI=1S/C24H27N7O2/c1-2-6-20(7-3-1)33-21-10-8-19(9-11-21)18-25-29-22-26-23(30-12-4-5-13-30)28-24(27-22)31-14-16-32-17-15-31/h1-3,6-11,18H,4-5,12-17H2,(H,26,27,28,29)/b25-18-. The van der Waals surface area contributed by atoms with Crippen LogP contribution in [0.5, 0.6) is 11.5 Å². The van der Waals surface area contributed by atoms with Crippen molar-refractivity contribution in [1.82, 2.24) is 15.0 Å². The van der Waals surface area contributed by atoms with E-state index in [0.717, 1.165) is 56.1 Å². The van der Waals surface area contributed by atoms with Crippen LogP contribution in [0.2, 0.25) is 0 Å². The van der Waals surface area contributed by atoms with Gasteiger partial charge in [0, 0.05) is 26.2 Å². The molecule has 0 radical (unpaired) electrons. The smallest absolute Gasteiger partial charge is 0.250 e. The number of aromatic nitrogens is 3. The Morgan fingerprint density at radius 2 is 1.42 bits per heavy atom. The molecule has 2 aliphatic heterocycles. The molecular formula is C24H27N7O2. The van der Waals surface area contributed by atoms with E-state index in [2.05, 4.69) is 30.3 Å². The lowest BCUT2D eigenvalue weighted by atomic mass is 10.2. The molecule has 2 aliphatic rings. The molecule has 9 nitrogen and oxygen atoms in total. The number of nitrogens with one attached hydrogen (secondary N) is 1. The van der Waals surface area contributed by atoms with Crippen molar-refractivity contribution < 1.29 is 9.47 Å². The van der Waals surface area contributed by atoms with Crippen molar-refractivity contribution in [1.29, 1.82) is 0 Å². The van der Waals surface area contributed by atoms with Crippen LogP contribution >= 0.6 is 0 Å². The van der Waals surface area contributed by atoms with E-state index in [1.54, 1.807) is 6.21 Å². The molecule has 3 heterocycles. The van der Waals surface area contributed by atoms with Gasteiger partial charge in [-0.25, -0.2) is 5.43 Å².